The van der Waals surface area contributed by atoms with Gasteiger partial charge in [0.2, 0.25) is 11.9 Å². The molecule has 0 radical (unpaired) electrons. The van der Waals surface area contributed by atoms with Crippen molar-refractivity contribution in [1.82, 2.24) is 30.4 Å². The van der Waals surface area contributed by atoms with Gasteiger partial charge in [0.25, 0.3) is 5.91 Å². The number of alkyl carbamates (subject to hydrolysis) is 1. The number of aromatic amines is 1. The number of hydrogen-bond donors (Lipinski definition) is 5. The molecule has 0 saturated carbocycles. The van der Waals surface area contributed by atoms with Crippen LogP contribution in [-0.2, 0) is 25.7 Å². The number of aromatic nitrogens is 2. The average molecular weight is 578 g/mol. The number of benzene rings is 2. The highest BCUT2D eigenvalue weighted by molar-refractivity contribution is 6.08. The van der Waals surface area contributed by atoms with Gasteiger partial charge in [-0.25, -0.2) is 19.5 Å². The summed E-state index contributed by atoms with van der Waals surface area (Å²) in [5.74, 6) is -1.52. The number of H-pyrrole nitrogens is 1. The molecule has 0 bridgehead atoms. The van der Waals surface area contributed by atoms with Gasteiger partial charge in [0.05, 0.1) is 17.5 Å². The molecule has 220 valence electrons. The third-order valence-corrected chi connectivity index (χ3v) is 7.36. The van der Waals surface area contributed by atoms with E-state index in [1.165, 1.54) is 0 Å². The number of urea groups is 1. The number of carboxylic acid groups (broad SMARTS) is 1. The number of aliphatic carboxylic acids is 1. The lowest BCUT2D eigenvalue weighted by Gasteiger charge is -2.37. The molecule has 1 aromatic heterocycles. The molecule has 2 fully saturated rings. The maximum absolute atomic E-state index is 13.5. The van der Waals surface area contributed by atoms with Crippen molar-refractivity contribution in [3.63, 3.8) is 0 Å². The van der Waals surface area contributed by atoms with E-state index in [2.05, 4.69) is 25.9 Å². The fourth-order valence-corrected chi connectivity index (χ4v) is 5.16. The van der Waals surface area contributed by atoms with Crippen molar-refractivity contribution in [2.75, 3.05) is 25.0 Å². The molecule has 14 heteroatoms. The third kappa shape index (κ3) is 6.27. The van der Waals surface area contributed by atoms with Crippen LogP contribution in [0.1, 0.15) is 31.2 Å². The van der Waals surface area contributed by atoms with Gasteiger partial charge < -0.3 is 30.4 Å². The summed E-state index contributed by atoms with van der Waals surface area (Å²) in [5, 5.41) is 17.5. The second kappa shape index (κ2) is 12.2. The minimum Gasteiger partial charge on any atom is -0.481 e. The number of nitrogens with zero attached hydrogens (tertiary/aromatic N) is 3. The van der Waals surface area contributed by atoms with E-state index in [4.69, 9.17) is 4.74 Å². The van der Waals surface area contributed by atoms with Crippen LogP contribution >= 0.6 is 0 Å². The molecule has 14 nitrogen and oxygen atoms in total. The molecule has 3 heterocycles. The van der Waals surface area contributed by atoms with Gasteiger partial charge in [-0.3, -0.25) is 19.7 Å². The molecule has 5 amide bonds. The normalized spacial score (nSPS) is 16.8. The van der Waals surface area contributed by atoms with Crippen LogP contribution in [0.3, 0.4) is 0 Å². The predicted molar refractivity (Wildman–Crippen MR) is 149 cm³/mol. The number of carboxylic acids is 1. The topological polar surface area (TPSA) is 186 Å². The summed E-state index contributed by atoms with van der Waals surface area (Å²) in [6.45, 7) is 0.722. The Balaban J connectivity index is 1.14. The first-order chi connectivity index (χ1) is 20.2. The quantitative estimate of drug-likeness (QED) is 0.225. The van der Waals surface area contributed by atoms with E-state index in [0.717, 1.165) is 15.9 Å². The Morgan fingerprint density at radius 3 is 2.48 bits per heavy atom. The van der Waals surface area contributed by atoms with E-state index >= 15 is 0 Å². The van der Waals surface area contributed by atoms with Crippen LogP contribution in [0.4, 0.5) is 15.5 Å². The summed E-state index contributed by atoms with van der Waals surface area (Å²) in [5.41, 5.74) is 1.11. The first-order valence-corrected chi connectivity index (χ1v) is 13.6. The Morgan fingerprint density at radius 1 is 1.05 bits per heavy atom. The van der Waals surface area contributed by atoms with Gasteiger partial charge in [-0.2, -0.15) is 0 Å². The smallest absolute Gasteiger partial charge is 0.409 e. The molecule has 2 aliphatic rings. The molecule has 2 aromatic carbocycles. The van der Waals surface area contributed by atoms with Crippen molar-refractivity contribution < 1.29 is 33.8 Å². The van der Waals surface area contributed by atoms with Crippen molar-refractivity contribution in [3.05, 3.63) is 60.2 Å². The molecule has 0 aliphatic carbocycles. The monoisotopic (exact) mass is 577 g/mol. The van der Waals surface area contributed by atoms with Gasteiger partial charge in [-0.1, -0.05) is 42.5 Å². The summed E-state index contributed by atoms with van der Waals surface area (Å²) in [6.07, 6.45) is -2.64. The SMILES string of the molecule is O=C(O)CC(NC(=O)OCc1ccccc1)N1C(=O)NC2(CCN(C(=O)CCNc3nc4ccccc4[nH]3)CC2)C1=O. The highest BCUT2D eigenvalue weighted by atomic mass is 16.5. The standard InChI is InChI=1S/C28H31N7O7/c36-22(10-13-29-25-30-19-8-4-5-9-20(19)31-25)34-14-11-28(12-15-34)24(39)35(26(40)33-28)21(16-23(37)38)32-27(41)42-17-18-6-2-1-3-7-18/h1-9,21H,10-17H2,(H,32,41)(H,33,40)(H,37,38)(H2,29,30,31). The Bertz CT molecular complexity index is 1450. The average Bonchev–Trinajstić information content (AvgIpc) is 3.49. The molecule has 5 rings (SSSR count). The number of piperidine rings is 1. The highest BCUT2D eigenvalue weighted by Crippen LogP contribution is 2.31. The zero-order valence-corrected chi connectivity index (χ0v) is 22.7. The number of fused-ring (bicyclic) bond motifs is 1. The molecule has 3 aromatic rings. The fraction of sp³-hybridized carbons (Fsp3) is 0.357. The van der Waals surface area contributed by atoms with Crippen molar-refractivity contribution in [2.45, 2.75) is 44.0 Å². The predicted octanol–water partition coefficient (Wildman–Crippen LogP) is 2.01. The molecule has 2 saturated heterocycles. The Morgan fingerprint density at radius 2 is 1.76 bits per heavy atom. The van der Waals surface area contributed by atoms with Crippen LogP contribution in [-0.4, -0.2) is 86.1 Å². The summed E-state index contributed by atoms with van der Waals surface area (Å²) in [7, 11) is 0. The molecule has 1 spiro atoms. The van der Waals surface area contributed by atoms with Crippen LogP contribution in [0, 0.1) is 0 Å². The number of para-hydroxylation sites is 2. The van der Waals surface area contributed by atoms with Gasteiger partial charge in [-0.05, 0) is 30.5 Å². The minimum absolute atomic E-state index is 0.0752. The van der Waals surface area contributed by atoms with Gasteiger partial charge in [-0.15, -0.1) is 0 Å². The second-order valence-electron chi connectivity index (χ2n) is 10.2. The molecule has 1 unspecified atom stereocenters. The van der Waals surface area contributed by atoms with Crippen molar-refractivity contribution in [2.24, 2.45) is 0 Å². The minimum atomic E-state index is -1.46. The first kappa shape index (κ1) is 28.4. The highest BCUT2D eigenvalue weighted by Gasteiger charge is 2.55. The number of rotatable bonds is 10. The Hall–Kier alpha value is -5.14. The molecule has 1 atom stereocenters. The number of anilines is 1. The van der Waals surface area contributed by atoms with Crippen LogP contribution in [0.15, 0.2) is 54.6 Å². The summed E-state index contributed by atoms with van der Waals surface area (Å²) in [6, 6.07) is 15.6. The molecule has 42 heavy (non-hydrogen) atoms. The number of imidazole rings is 1. The van der Waals surface area contributed by atoms with Crippen LogP contribution < -0.4 is 16.0 Å². The zero-order chi connectivity index (χ0) is 29.7. The van der Waals surface area contributed by atoms with Crippen molar-refractivity contribution >= 4 is 46.9 Å². The number of likely N-dealkylation sites (tertiary alicyclic amines) is 1. The largest absolute Gasteiger partial charge is 0.481 e. The number of carbonyl (C=O) groups is 5. The van der Waals surface area contributed by atoms with Crippen molar-refractivity contribution in [1.29, 1.82) is 0 Å². The number of imide groups is 1. The van der Waals surface area contributed by atoms with E-state index in [1.807, 2.05) is 30.3 Å². The number of carbonyl (C=O) groups excluding carboxylic acids is 4. The summed E-state index contributed by atoms with van der Waals surface area (Å²) < 4.78 is 5.16. The van der Waals surface area contributed by atoms with E-state index in [0.29, 0.717) is 18.1 Å². The van der Waals surface area contributed by atoms with Crippen molar-refractivity contribution in [3.8, 4) is 0 Å². The second-order valence-corrected chi connectivity index (χ2v) is 10.2. The zero-order valence-electron chi connectivity index (χ0n) is 22.7. The number of hydrogen-bond acceptors (Lipinski definition) is 8. The van der Waals surface area contributed by atoms with E-state index in [9.17, 15) is 29.1 Å². The third-order valence-electron chi connectivity index (χ3n) is 7.36. The summed E-state index contributed by atoms with van der Waals surface area (Å²) >= 11 is 0. The maximum atomic E-state index is 13.5. The molecule has 5 N–H and O–H groups in total. The number of amides is 5. The maximum Gasteiger partial charge on any atom is 0.409 e. The van der Waals surface area contributed by atoms with E-state index in [1.54, 1.807) is 29.2 Å². The Labute approximate surface area is 240 Å². The number of ether oxygens (including phenoxy) is 1. The lowest BCUT2D eigenvalue weighted by Crippen LogP contribution is -2.57. The van der Waals surface area contributed by atoms with Gasteiger partial charge in [0, 0.05) is 26.1 Å². The lowest BCUT2D eigenvalue weighted by atomic mass is 9.87. The molecule has 2 aliphatic heterocycles. The van der Waals surface area contributed by atoms with Crippen LogP contribution in [0.5, 0.6) is 0 Å². The van der Waals surface area contributed by atoms with E-state index < -0.39 is 42.1 Å². The van der Waals surface area contributed by atoms with Gasteiger partial charge in [0.15, 0.2) is 0 Å². The van der Waals surface area contributed by atoms with Gasteiger partial charge >= 0.3 is 18.1 Å². The molecular formula is C28H31N7O7. The van der Waals surface area contributed by atoms with Crippen LogP contribution in [0.2, 0.25) is 0 Å². The van der Waals surface area contributed by atoms with Crippen LogP contribution in [0.25, 0.3) is 11.0 Å². The lowest BCUT2D eigenvalue weighted by molar-refractivity contribution is -0.142. The van der Waals surface area contributed by atoms with E-state index in [-0.39, 0.29) is 44.9 Å². The molecular weight excluding hydrogens is 546 g/mol. The number of nitrogens with one attached hydrogen (secondary N) is 4. The fourth-order valence-electron chi connectivity index (χ4n) is 5.16. The van der Waals surface area contributed by atoms with Gasteiger partial charge in [0.1, 0.15) is 18.3 Å². The summed E-state index contributed by atoms with van der Waals surface area (Å²) in [4.78, 5) is 73.1. The first-order valence-electron chi connectivity index (χ1n) is 13.6. The Kier molecular flexibility index (Phi) is 8.22.